The molecule has 182 valence electrons. The van der Waals surface area contributed by atoms with E-state index in [1.165, 1.54) is 0 Å². The van der Waals surface area contributed by atoms with Crippen LogP contribution >= 0.6 is 0 Å². The van der Waals surface area contributed by atoms with Gasteiger partial charge in [0.05, 0.1) is 18.8 Å². The highest BCUT2D eigenvalue weighted by Gasteiger charge is 2.47. The van der Waals surface area contributed by atoms with Crippen molar-refractivity contribution in [3.05, 3.63) is 59.3 Å². The van der Waals surface area contributed by atoms with Crippen molar-refractivity contribution in [2.24, 2.45) is 16.1 Å². The number of para-hydroxylation sites is 1. The Morgan fingerprint density at radius 1 is 1.18 bits per heavy atom. The molecule has 3 aliphatic rings. The number of halogens is 3. The zero-order chi connectivity index (χ0) is 24.8. The highest BCUT2D eigenvalue weighted by Crippen LogP contribution is 2.50. The molecule has 0 bridgehead atoms. The van der Waals surface area contributed by atoms with Crippen LogP contribution in [0.5, 0.6) is 11.6 Å². The Balaban J connectivity index is 0.000000297. The van der Waals surface area contributed by atoms with E-state index in [0.29, 0.717) is 12.5 Å². The number of aliphatic imine (C=N–C) groups is 1. The van der Waals surface area contributed by atoms with Crippen LogP contribution in [-0.4, -0.2) is 49.3 Å². The summed E-state index contributed by atoms with van der Waals surface area (Å²) >= 11 is 0. The van der Waals surface area contributed by atoms with E-state index in [1.54, 1.807) is 0 Å². The molecule has 0 amide bonds. The number of hydrogen-bond acceptors (Lipinski definition) is 8. The van der Waals surface area contributed by atoms with Gasteiger partial charge in [0.25, 0.3) is 6.02 Å². The zero-order valence-electron chi connectivity index (χ0n) is 17.7. The molecule has 9 nitrogen and oxygen atoms in total. The van der Waals surface area contributed by atoms with Gasteiger partial charge in [-0.25, -0.2) is 9.98 Å². The Kier molecular flexibility index (Phi) is 5.82. The monoisotopic (exact) mass is 499 g/mol. The van der Waals surface area contributed by atoms with Crippen LogP contribution in [0.2, 0.25) is 0 Å². The van der Waals surface area contributed by atoms with Crippen LogP contribution in [0.1, 0.15) is 23.6 Å². The van der Waals surface area contributed by atoms with E-state index >= 15 is 0 Å². The van der Waals surface area contributed by atoms with E-state index in [9.17, 15) is 13.2 Å². The third-order valence-corrected chi connectivity index (χ3v) is 6.01. The number of benzene rings is 1. The van der Waals surface area contributed by atoms with Crippen LogP contribution in [0.3, 0.4) is 0 Å². The molecule has 34 heavy (non-hydrogen) atoms. The Hall–Kier alpha value is -3.16. The second kappa shape index (κ2) is 8.25. The van der Waals surface area contributed by atoms with Crippen molar-refractivity contribution in [1.82, 2.24) is 4.98 Å². The molecule has 4 heterocycles. The predicted octanol–water partition coefficient (Wildman–Crippen LogP) is 3.22. The molecule has 1 aromatic heterocycles. The second-order valence-electron chi connectivity index (χ2n) is 8.22. The third kappa shape index (κ3) is 4.45. The molecule has 1 fully saturated rings. The fourth-order valence-electron chi connectivity index (χ4n) is 3.61. The molecule has 2 aromatic rings. The lowest BCUT2D eigenvalue weighted by Crippen LogP contribution is -2.37. The van der Waals surface area contributed by atoms with Crippen LogP contribution in [0.25, 0.3) is 6.08 Å². The van der Waals surface area contributed by atoms with Gasteiger partial charge in [-0.1, -0.05) is 37.3 Å². The summed E-state index contributed by atoms with van der Waals surface area (Å²) in [7, 11) is -5.84. The van der Waals surface area contributed by atoms with Gasteiger partial charge < -0.3 is 19.9 Å². The highest BCUT2D eigenvalue weighted by atomic mass is 32.2. The first kappa shape index (κ1) is 24.0. The van der Waals surface area contributed by atoms with Crippen molar-refractivity contribution in [3.63, 3.8) is 0 Å². The van der Waals surface area contributed by atoms with Gasteiger partial charge >= 0.3 is 15.6 Å². The average Bonchev–Trinajstić information content (AvgIpc) is 3.13. The van der Waals surface area contributed by atoms with E-state index in [2.05, 4.69) is 35.1 Å². The number of pyridine rings is 1. The molecule has 0 unspecified atom stereocenters. The lowest BCUT2D eigenvalue weighted by Gasteiger charge is -2.35. The summed E-state index contributed by atoms with van der Waals surface area (Å²) in [4.78, 5) is 9.18. The largest absolute Gasteiger partial charge is 0.522 e. The smallest absolute Gasteiger partial charge is 0.462 e. The van der Waals surface area contributed by atoms with Crippen LogP contribution in [0, 0.1) is 5.41 Å². The summed E-state index contributed by atoms with van der Waals surface area (Å²) in [6.45, 7) is 4.01. The van der Waals surface area contributed by atoms with Gasteiger partial charge in [0.2, 0.25) is 5.88 Å². The summed E-state index contributed by atoms with van der Waals surface area (Å²) in [5, 5.41) is 0. The van der Waals surface area contributed by atoms with E-state index in [-0.39, 0.29) is 11.4 Å². The first-order chi connectivity index (χ1) is 15.8. The number of aromatic nitrogens is 1. The van der Waals surface area contributed by atoms with Gasteiger partial charge in [-0.3, -0.25) is 4.55 Å². The van der Waals surface area contributed by atoms with Gasteiger partial charge in [-0.2, -0.15) is 21.6 Å². The van der Waals surface area contributed by atoms with Crippen molar-refractivity contribution in [1.29, 1.82) is 0 Å². The highest BCUT2D eigenvalue weighted by molar-refractivity contribution is 7.86. The molecular formula is C21H20F3N3O6S. The van der Waals surface area contributed by atoms with Crippen molar-refractivity contribution < 1.29 is 40.4 Å². The molecule has 3 aliphatic heterocycles. The number of nitrogens with zero attached hydrogens (tertiary/aromatic N) is 2. The minimum absolute atomic E-state index is 0.0930. The minimum Gasteiger partial charge on any atom is -0.462 e. The predicted molar refractivity (Wildman–Crippen MR) is 115 cm³/mol. The van der Waals surface area contributed by atoms with E-state index in [1.807, 2.05) is 30.5 Å². The molecule has 13 heteroatoms. The standard InChI is InChI=1S/C20H19N3O3.CHF3O3S/c1-19(10-24-11-19)7-6-13-8-15-17(22-9-13)26-16-5-3-2-4-14(16)20(15)12-25-18(21)23-20;2-1(3,4)8(5,6)7/h2-9H,10-12H2,1H3,(H2,21,23);(H,5,6,7)/b7-6+;/t20-;/m0./s1. The molecular weight excluding hydrogens is 479 g/mol. The quantitative estimate of drug-likeness (QED) is 0.475. The summed E-state index contributed by atoms with van der Waals surface area (Å²) < 4.78 is 74.4. The Labute approximate surface area is 192 Å². The maximum Gasteiger partial charge on any atom is 0.522 e. The molecule has 5 rings (SSSR count). The number of alkyl halides is 3. The summed E-state index contributed by atoms with van der Waals surface area (Å²) in [6, 6.07) is 10.1. The third-order valence-electron chi connectivity index (χ3n) is 5.42. The number of amidine groups is 1. The van der Waals surface area contributed by atoms with Crippen LogP contribution < -0.4 is 10.5 Å². The summed E-state index contributed by atoms with van der Waals surface area (Å²) in [5.74, 6) is 1.28. The molecule has 0 radical (unpaired) electrons. The second-order valence-corrected chi connectivity index (χ2v) is 9.63. The van der Waals surface area contributed by atoms with Crippen molar-refractivity contribution in [2.45, 2.75) is 18.0 Å². The topological polar surface area (TPSA) is 133 Å². The normalized spacial score (nSPS) is 22.4. The van der Waals surface area contributed by atoms with Crippen molar-refractivity contribution in [2.75, 3.05) is 19.8 Å². The molecule has 3 N–H and O–H groups in total. The van der Waals surface area contributed by atoms with Gasteiger partial charge in [-0.05, 0) is 17.7 Å². The molecule has 0 aliphatic carbocycles. The van der Waals surface area contributed by atoms with Gasteiger partial charge in [0.1, 0.15) is 12.4 Å². The minimum atomic E-state index is -5.84. The number of nitrogens with two attached hydrogens (primary N) is 1. The Bertz CT molecular complexity index is 1270. The van der Waals surface area contributed by atoms with Crippen molar-refractivity contribution in [3.8, 4) is 11.6 Å². The maximum atomic E-state index is 10.7. The molecule has 1 saturated heterocycles. The van der Waals surface area contributed by atoms with Crippen molar-refractivity contribution >= 4 is 22.2 Å². The van der Waals surface area contributed by atoms with E-state index in [0.717, 1.165) is 35.7 Å². The lowest BCUT2D eigenvalue weighted by atomic mass is 9.82. The fraction of sp³-hybridized carbons (Fsp3) is 0.333. The maximum absolute atomic E-state index is 10.7. The molecule has 1 atom stereocenters. The number of hydrogen-bond donors (Lipinski definition) is 2. The Morgan fingerprint density at radius 3 is 2.41 bits per heavy atom. The summed E-state index contributed by atoms with van der Waals surface area (Å²) in [5.41, 5.74) is 2.51. The molecule has 1 spiro atoms. The number of rotatable bonds is 2. The SMILES string of the molecule is CC1(/C=C/c2cnc3c(c2)[C@]2(COC(N)=N2)c2ccccc2O3)COC1.O=S(=O)(O)C(F)(F)F. The molecule has 0 saturated carbocycles. The average molecular weight is 499 g/mol. The zero-order valence-corrected chi connectivity index (χ0v) is 18.6. The van der Waals surface area contributed by atoms with Gasteiger partial charge in [-0.15, -0.1) is 0 Å². The van der Waals surface area contributed by atoms with E-state index in [4.69, 9.17) is 32.9 Å². The summed E-state index contributed by atoms with van der Waals surface area (Å²) in [6.07, 6.45) is 6.06. The Morgan fingerprint density at radius 2 is 1.85 bits per heavy atom. The van der Waals surface area contributed by atoms with Crippen LogP contribution in [-0.2, 0) is 25.1 Å². The van der Waals surface area contributed by atoms with E-state index < -0.39 is 21.2 Å². The van der Waals surface area contributed by atoms with Crippen LogP contribution in [0.15, 0.2) is 47.6 Å². The first-order valence-corrected chi connectivity index (χ1v) is 11.3. The fourth-order valence-corrected chi connectivity index (χ4v) is 3.61. The van der Waals surface area contributed by atoms with Gasteiger partial charge in [0, 0.05) is 17.2 Å². The molecule has 1 aromatic carbocycles. The number of ether oxygens (including phenoxy) is 3. The van der Waals surface area contributed by atoms with Gasteiger partial charge in [0.15, 0.2) is 5.54 Å². The first-order valence-electron chi connectivity index (χ1n) is 9.90. The lowest BCUT2D eigenvalue weighted by molar-refractivity contribution is -0.0703. The number of fused-ring (bicyclic) bond motifs is 4. The van der Waals surface area contributed by atoms with Crippen LogP contribution in [0.4, 0.5) is 13.2 Å².